The molecule has 0 spiro atoms. The van der Waals surface area contributed by atoms with Crippen LogP contribution in [0, 0.1) is 3.95 Å². The lowest BCUT2D eigenvalue weighted by Crippen LogP contribution is -1.97. The van der Waals surface area contributed by atoms with Crippen molar-refractivity contribution in [3.05, 3.63) is 27.2 Å². The van der Waals surface area contributed by atoms with Crippen molar-refractivity contribution in [2.75, 3.05) is 0 Å². The summed E-state index contributed by atoms with van der Waals surface area (Å²) in [6, 6.07) is 4.01. The Bertz CT molecular complexity index is 612. The van der Waals surface area contributed by atoms with Crippen molar-refractivity contribution < 1.29 is 5.11 Å². The van der Waals surface area contributed by atoms with E-state index in [1.807, 2.05) is 12.1 Å². The smallest absolute Gasteiger partial charge is 0.176 e. The van der Waals surface area contributed by atoms with Gasteiger partial charge in [0, 0.05) is 5.56 Å². The fourth-order valence-electron chi connectivity index (χ4n) is 2.04. The quantitative estimate of drug-likeness (QED) is 0.798. The van der Waals surface area contributed by atoms with Crippen LogP contribution < -0.4 is 0 Å². The largest absolute Gasteiger partial charge is 0.507 e. The third-order valence-corrected chi connectivity index (χ3v) is 4.24. The monoisotopic (exact) mass is 294 g/mol. The Hall–Kier alpha value is -1.20. The molecule has 1 heterocycles. The highest BCUT2D eigenvalue weighted by atomic mass is 32.1. The predicted octanol–water partition coefficient (Wildman–Crippen LogP) is 4.82. The standard InChI is InChI=1S/C14H18N2OS2/c1-7(2)10-5-9(13-15-16-14(18)19-13)6-11(8(3)4)12(10)17/h5-8,17H,1-4H3,(H,16,18). The Labute approximate surface area is 122 Å². The fourth-order valence-corrected chi connectivity index (χ4v) is 2.91. The molecule has 0 unspecified atom stereocenters. The summed E-state index contributed by atoms with van der Waals surface area (Å²) < 4.78 is 0.667. The molecule has 5 heteroatoms. The first-order chi connectivity index (χ1) is 8.90. The average molecular weight is 294 g/mol. The molecule has 1 aromatic heterocycles. The summed E-state index contributed by atoms with van der Waals surface area (Å²) in [6.45, 7) is 8.32. The van der Waals surface area contributed by atoms with E-state index in [1.165, 1.54) is 11.3 Å². The number of aromatic amines is 1. The fraction of sp³-hybridized carbons (Fsp3) is 0.429. The van der Waals surface area contributed by atoms with Crippen molar-refractivity contribution in [2.24, 2.45) is 0 Å². The van der Waals surface area contributed by atoms with Crippen LogP contribution in [0.1, 0.15) is 50.7 Å². The summed E-state index contributed by atoms with van der Waals surface area (Å²) in [7, 11) is 0. The average Bonchev–Trinajstić information content (AvgIpc) is 2.75. The second-order valence-corrected chi connectivity index (χ2v) is 6.90. The van der Waals surface area contributed by atoms with Gasteiger partial charge in [0.05, 0.1) is 0 Å². The molecule has 0 atom stereocenters. The lowest BCUT2D eigenvalue weighted by atomic mass is 9.91. The zero-order valence-corrected chi connectivity index (χ0v) is 13.2. The van der Waals surface area contributed by atoms with E-state index in [9.17, 15) is 5.11 Å². The van der Waals surface area contributed by atoms with Crippen molar-refractivity contribution in [3.63, 3.8) is 0 Å². The van der Waals surface area contributed by atoms with E-state index < -0.39 is 0 Å². The highest BCUT2D eigenvalue weighted by molar-refractivity contribution is 7.73. The summed E-state index contributed by atoms with van der Waals surface area (Å²) in [5.41, 5.74) is 2.94. The van der Waals surface area contributed by atoms with Gasteiger partial charge in [-0.15, -0.1) is 0 Å². The highest BCUT2D eigenvalue weighted by Crippen LogP contribution is 2.38. The number of nitrogens with one attached hydrogen (secondary N) is 1. The van der Waals surface area contributed by atoms with Crippen molar-refractivity contribution in [1.82, 2.24) is 10.2 Å². The van der Waals surface area contributed by atoms with Gasteiger partial charge < -0.3 is 5.11 Å². The van der Waals surface area contributed by atoms with Gasteiger partial charge in [-0.1, -0.05) is 39.0 Å². The van der Waals surface area contributed by atoms with Crippen LogP contribution in [-0.4, -0.2) is 15.3 Å². The van der Waals surface area contributed by atoms with Crippen LogP contribution in [-0.2, 0) is 0 Å². The van der Waals surface area contributed by atoms with Crippen LogP contribution in [0.25, 0.3) is 10.6 Å². The second-order valence-electron chi connectivity index (χ2n) is 5.23. The molecule has 0 radical (unpaired) electrons. The Morgan fingerprint density at radius 2 is 1.68 bits per heavy atom. The lowest BCUT2D eigenvalue weighted by Gasteiger charge is -2.16. The molecule has 2 rings (SSSR count). The molecule has 19 heavy (non-hydrogen) atoms. The Kier molecular flexibility index (Phi) is 4.06. The Balaban J connectivity index is 2.66. The molecule has 2 N–H and O–H groups in total. The normalized spacial score (nSPS) is 11.5. The number of benzene rings is 1. The van der Waals surface area contributed by atoms with E-state index in [0.717, 1.165) is 21.7 Å². The van der Waals surface area contributed by atoms with Crippen LogP contribution in [0.2, 0.25) is 0 Å². The predicted molar refractivity (Wildman–Crippen MR) is 82.6 cm³/mol. The van der Waals surface area contributed by atoms with Gasteiger partial charge in [0.25, 0.3) is 0 Å². The van der Waals surface area contributed by atoms with E-state index in [4.69, 9.17) is 12.2 Å². The zero-order chi connectivity index (χ0) is 14.2. The summed E-state index contributed by atoms with van der Waals surface area (Å²) in [5, 5.41) is 18.3. The molecule has 0 aliphatic heterocycles. The van der Waals surface area contributed by atoms with Crippen molar-refractivity contribution in [1.29, 1.82) is 0 Å². The maximum atomic E-state index is 10.4. The van der Waals surface area contributed by atoms with Gasteiger partial charge in [-0.25, -0.2) is 0 Å². The van der Waals surface area contributed by atoms with Crippen LogP contribution in [0.3, 0.4) is 0 Å². The second kappa shape index (κ2) is 5.43. The third kappa shape index (κ3) is 2.87. The summed E-state index contributed by atoms with van der Waals surface area (Å²) >= 11 is 6.53. The van der Waals surface area contributed by atoms with Crippen molar-refractivity contribution in [2.45, 2.75) is 39.5 Å². The van der Waals surface area contributed by atoms with Gasteiger partial charge >= 0.3 is 0 Å². The molecule has 0 aliphatic carbocycles. The number of hydrogen-bond acceptors (Lipinski definition) is 4. The van der Waals surface area contributed by atoms with Gasteiger partial charge in [0.1, 0.15) is 10.8 Å². The molecule has 1 aromatic carbocycles. The first-order valence-electron chi connectivity index (χ1n) is 6.32. The first kappa shape index (κ1) is 14.2. The van der Waals surface area contributed by atoms with Gasteiger partial charge in [0.15, 0.2) is 3.95 Å². The summed E-state index contributed by atoms with van der Waals surface area (Å²) in [5.74, 6) is 0.946. The molecule has 0 aliphatic rings. The molecular weight excluding hydrogens is 276 g/mol. The maximum Gasteiger partial charge on any atom is 0.176 e. The van der Waals surface area contributed by atoms with Gasteiger partial charge in [-0.2, -0.15) is 5.10 Å². The van der Waals surface area contributed by atoms with Crippen LogP contribution >= 0.6 is 23.6 Å². The molecule has 3 nitrogen and oxygen atoms in total. The molecule has 0 bridgehead atoms. The summed E-state index contributed by atoms with van der Waals surface area (Å²) in [4.78, 5) is 0. The molecular formula is C14H18N2OS2. The molecule has 0 fully saturated rings. The number of aromatic hydroxyl groups is 1. The number of hydrogen-bond donors (Lipinski definition) is 2. The molecule has 0 amide bonds. The minimum atomic E-state index is 0.268. The minimum absolute atomic E-state index is 0.268. The van der Waals surface area contributed by atoms with Gasteiger partial charge in [0.2, 0.25) is 0 Å². The first-order valence-corrected chi connectivity index (χ1v) is 7.55. The van der Waals surface area contributed by atoms with E-state index in [1.54, 1.807) is 0 Å². The highest BCUT2D eigenvalue weighted by Gasteiger charge is 2.16. The Morgan fingerprint density at radius 3 is 2.05 bits per heavy atom. The summed E-state index contributed by atoms with van der Waals surface area (Å²) in [6.07, 6.45) is 0. The van der Waals surface area contributed by atoms with Crippen LogP contribution in [0.4, 0.5) is 0 Å². The van der Waals surface area contributed by atoms with E-state index >= 15 is 0 Å². The van der Waals surface area contributed by atoms with Crippen molar-refractivity contribution in [3.8, 4) is 16.3 Å². The number of phenolic OH excluding ortho intramolecular Hbond substituents is 1. The number of rotatable bonds is 3. The molecule has 0 saturated heterocycles. The van der Waals surface area contributed by atoms with Crippen LogP contribution in [0.15, 0.2) is 12.1 Å². The third-order valence-electron chi connectivity index (χ3n) is 3.10. The number of H-pyrrole nitrogens is 1. The zero-order valence-electron chi connectivity index (χ0n) is 11.5. The van der Waals surface area contributed by atoms with Crippen LogP contribution in [0.5, 0.6) is 5.75 Å². The minimum Gasteiger partial charge on any atom is -0.507 e. The van der Waals surface area contributed by atoms with E-state index in [2.05, 4.69) is 37.9 Å². The van der Waals surface area contributed by atoms with Crippen molar-refractivity contribution >= 4 is 23.6 Å². The lowest BCUT2D eigenvalue weighted by molar-refractivity contribution is 0.454. The number of phenols is 1. The van der Waals surface area contributed by atoms with E-state index in [-0.39, 0.29) is 11.8 Å². The SMILES string of the molecule is CC(C)c1cc(-c2n[nH]c(=S)s2)cc(C(C)C)c1O. The van der Waals surface area contributed by atoms with Gasteiger partial charge in [-0.3, -0.25) is 5.10 Å². The Morgan fingerprint density at radius 1 is 1.16 bits per heavy atom. The number of aromatic nitrogens is 2. The van der Waals surface area contributed by atoms with E-state index in [0.29, 0.717) is 9.70 Å². The molecule has 0 saturated carbocycles. The van der Waals surface area contributed by atoms with Gasteiger partial charge in [-0.05, 0) is 47.3 Å². The maximum absolute atomic E-state index is 10.4. The topological polar surface area (TPSA) is 48.9 Å². The molecule has 102 valence electrons. The number of nitrogens with zero attached hydrogens (tertiary/aromatic N) is 1. The molecule has 2 aromatic rings.